The van der Waals surface area contributed by atoms with E-state index in [2.05, 4.69) is 5.32 Å². The van der Waals surface area contributed by atoms with Gasteiger partial charge in [0.25, 0.3) is 11.6 Å². The quantitative estimate of drug-likeness (QED) is 0.377. The fraction of sp³-hybridized carbons (Fsp3) is 0.0667. The summed E-state index contributed by atoms with van der Waals surface area (Å²) in [5, 5.41) is 13.3. The van der Waals surface area contributed by atoms with Gasteiger partial charge in [0, 0.05) is 23.9 Å². The minimum absolute atomic E-state index is 0. The van der Waals surface area contributed by atoms with Crippen molar-refractivity contribution in [2.24, 2.45) is 0 Å². The lowest BCUT2D eigenvalue weighted by Gasteiger charge is -2.02. The number of thiazole rings is 1. The molecule has 6 nitrogen and oxygen atoms in total. The number of rotatable bonds is 4. The highest BCUT2D eigenvalue weighted by molar-refractivity contribution is 7.16. The van der Waals surface area contributed by atoms with Gasteiger partial charge in [-0.25, -0.2) is 0 Å². The average molecular weight is 394 g/mol. The summed E-state index contributed by atoms with van der Waals surface area (Å²) in [4.78, 5) is 22.2. The Kier molecular flexibility index (Phi) is 5.41. The smallest absolute Gasteiger partial charge is 0.290 e. The molecule has 0 unspecified atom stereocenters. The molecule has 3 aromatic rings. The number of para-hydroxylation sites is 1. The topological polar surface area (TPSA) is 76.1 Å². The first-order valence-corrected chi connectivity index (χ1v) is 7.41. The lowest BCUT2D eigenvalue weighted by atomic mass is 10.3. The largest absolute Gasteiger partial charge is 1.00 e. The van der Waals surface area contributed by atoms with Crippen molar-refractivity contribution in [1.29, 1.82) is 0 Å². The van der Waals surface area contributed by atoms with Crippen LogP contribution in [0.25, 0.3) is 10.2 Å². The molecule has 1 amide bonds. The van der Waals surface area contributed by atoms with Crippen molar-refractivity contribution in [3.05, 3.63) is 64.2 Å². The number of fused-ring (bicyclic) bond motifs is 1. The zero-order chi connectivity index (χ0) is 15.5. The third kappa shape index (κ3) is 3.91. The summed E-state index contributed by atoms with van der Waals surface area (Å²) in [6, 6.07) is 13.6. The normalized spacial score (nSPS) is 10.1. The Morgan fingerprint density at radius 2 is 1.87 bits per heavy atom. The Morgan fingerprint density at radius 3 is 2.57 bits per heavy atom. The van der Waals surface area contributed by atoms with Crippen LogP contribution in [0.1, 0.15) is 0 Å². The van der Waals surface area contributed by atoms with Crippen LogP contribution in [0.4, 0.5) is 11.4 Å². The van der Waals surface area contributed by atoms with Crippen LogP contribution in [-0.2, 0) is 11.3 Å². The SMILES string of the molecule is O=C(C[n+]1csc2ccccc21)Nc1ccc([N+](=O)[O-])cc1.[Br-]. The van der Waals surface area contributed by atoms with Crippen molar-refractivity contribution in [1.82, 2.24) is 0 Å². The maximum Gasteiger partial charge on any atom is 0.290 e. The van der Waals surface area contributed by atoms with Crippen LogP contribution >= 0.6 is 11.3 Å². The monoisotopic (exact) mass is 393 g/mol. The molecule has 2 aromatic carbocycles. The van der Waals surface area contributed by atoms with Crippen LogP contribution < -0.4 is 26.9 Å². The number of nitrogens with one attached hydrogen (secondary N) is 1. The third-order valence-corrected chi connectivity index (χ3v) is 4.12. The molecule has 1 heterocycles. The molecular formula is C15H12BrN3O3S. The number of nitrogens with zero attached hydrogens (tertiary/aromatic N) is 2. The number of nitro groups is 1. The van der Waals surface area contributed by atoms with Crippen molar-refractivity contribution in [3.8, 4) is 0 Å². The molecule has 0 saturated heterocycles. The molecule has 8 heteroatoms. The number of nitro benzene ring substituents is 1. The van der Waals surface area contributed by atoms with E-state index in [0.717, 1.165) is 10.2 Å². The second kappa shape index (κ2) is 7.30. The van der Waals surface area contributed by atoms with E-state index in [4.69, 9.17) is 0 Å². The van der Waals surface area contributed by atoms with Crippen LogP contribution in [0.15, 0.2) is 54.0 Å². The van der Waals surface area contributed by atoms with Gasteiger partial charge in [-0.15, -0.1) is 0 Å². The van der Waals surface area contributed by atoms with E-state index in [0.29, 0.717) is 5.69 Å². The van der Waals surface area contributed by atoms with Gasteiger partial charge >= 0.3 is 0 Å². The van der Waals surface area contributed by atoms with E-state index < -0.39 is 4.92 Å². The molecular weight excluding hydrogens is 382 g/mol. The van der Waals surface area contributed by atoms with Gasteiger partial charge < -0.3 is 22.3 Å². The summed E-state index contributed by atoms with van der Waals surface area (Å²) < 4.78 is 2.99. The molecule has 118 valence electrons. The van der Waals surface area contributed by atoms with Crippen molar-refractivity contribution >= 4 is 38.8 Å². The van der Waals surface area contributed by atoms with Gasteiger partial charge in [-0.05, 0) is 18.2 Å². The van der Waals surface area contributed by atoms with Crippen LogP contribution in [-0.4, -0.2) is 10.8 Å². The highest BCUT2D eigenvalue weighted by atomic mass is 79.9. The molecule has 0 fully saturated rings. The number of hydrogen-bond acceptors (Lipinski definition) is 4. The fourth-order valence-electron chi connectivity index (χ4n) is 2.12. The Hall–Kier alpha value is -2.32. The molecule has 3 rings (SSSR count). The summed E-state index contributed by atoms with van der Waals surface area (Å²) >= 11 is 1.58. The van der Waals surface area contributed by atoms with Gasteiger partial charge in [0.1, 0.15) is 4.70 Å². The Balaban J connectivity index is 0.00000192. The van der Waals surface area contributed by atoms with Crippen LogP contribution in [0.2, 0.25) is 0 Å². The number of hydrogen-bond donors (Lipinski definition) is 1. The molecule has 0 spiro atoms. The Bertz CT molecular complexity index is 849. The Morgan fingerprint density at radius 1 is 1.17 bits per heavy atom. The van der Waals surface area contributed by atoms with Gasteiger partial charge in [-0.3, -0.25) is 14.9 Å². The molecule has 0 radical (unpaired) electrons. The van der Waals surface area contributed by atoms with Gasteiger partial charge in [-0.2, -0.15) is 4.57 Å². The zero-order valence-electron chi connectivity index (χ0n) is 11.8. The van der Waals surface area contributed by atoms with Gasteiger partial charge in [0.2, 0.25) is 17.6 Å². The first-order chi connectivity index (χ1) is 10.6. The number of anilines is 1. The standard InChI is InChI=1S/C15H11N3O3S.BrH/c19-15(16-11-5-7-12(8-6-11)18(20)21)9-17-10-22-14-4-2-1-3-13(14)17;/h1-8,10H,9H2;1H. The molecule has 0 bridgehead atoms. The summed E-state index contributed by atoms with van der Waals surface area (Å²) in [5.41, 5.74) is 3.44. The van der Waals surface area contributed by atoms with E-state index >= 15 is 0 Å². The van der Waals surface area contributed by atoms with Gasteiger partial charge in [-0.1, -0.05) is 23.5 Å². The number of aromatic nitrogens is 1. The first-order valence-electron chi connectivity index (χ1n) is 6.53. The predicted octanol–water partition coefficient (Wildman–Crippen LogP) is -0.260. The first kappa shape index (κ1) is 17.0. The summed E-state index contributed by atoms with van der Waals surface area (Å²) in [6.45, 7) is 0.195. The molecule has 0 saturated carbocycles. The third-order valence-electron chi connectivity index (χ3n) is 3.16. The second-order valence-corrected chi connectivity index (χ2v) is 5.56. The van der Waals surface area contributed by atoms with E-state index in [9.17, 15) is 14.9 Å². The number of carbonyl (C=O) groups excluding carboxylic acids is 1. The fourth-order valence-corrected chi connectivity index (χ4v) is 3.01. The molecule has 1 aromatic heterocycles. The highest BCUT2D eigenvalue weighted by Crippen LogP contribution is 2.16. The number of amides is 1. The number of benzene rings is 2. The van der Waals surface area contributed by atoms with Crippen molar-refractivity contribution in [2.45, 2.75) is 6.54 Å². The molecule has 0 aliphatic heterocycles. The average Bonchev–Trinajstić information content (AvgIpc) is 2.91. The van der Waals surface area contributed by atoms with E-state index in [1.165, 1.54) is 24.3 Å². The van der Waals surface area contributed by atoms with Gasteiger partial charge in [0.05, 0.1) is 4.92 Å². The molecule has 1 N–H and O–H groups in total. The summed E-state index contributed by atoms with van der Waals surface area (Å²) in [7, 11) is 0. The minimum Gasteiger partial charge on any atom is -1.00 e. The lowest BCUT2D eigenvalue weighted by Crippen LogP contribution is -3.00. The highest BCUT2D eigenvalue weighted by Gasteiger charge is 2.15. The molecule has 0 aliphatic carbocycles. The Labute approximate surface area is 146 Å². The zero-order valence-corrected chi connectivity index (χ0v) is 14.2. The van der Waals surface area contributed by atoms with Crippen molar-refractivity contribution in [2.75, 3.05) is 5.32 Å². The van der Waals surface area contributed by atoms with E-state index in [1.54, 1.807) is 11.3 Å². The van der Waals surface area contributed by atoms with Crippen LogP contribution in [0.3, 0.4) is 0 Å². The summed E-state index contributed by atoms with van der Waals surface area (Å²) in [6.07, 6.45) is 0. The van der Waals surface area contributed by atoms with Crippen molar-refractivity contribution in [3.63, 3.8) is 0 Å². The predicted molar refractivity (Wildman–Crippen MR) is 83.7 cm³/mol. The van der Waals surface area contributed by atoms with Crippen molar-refractivity contribution < 1.29 is 31.3 Å². The maximum atomic E-state index is 12.1. The summed E-state index contributed by atoms with van der Waals surface area (Å²) in [5.74, 6) is -0.178. The molecule has 0 aliphatic rings. The van der Waals surface area contributed by atoms with E-state index in [1.807, 2.05) is 34.3 Å². The molecule has 23 heavy (non-hydrogen) atoms. The lowest BCUT2D eigenvalue weighted by molar-refractivity contribution is -0.653. The van der Waals surface area contributed by atoms with E-state index in [-0.39, 0.29) is 35.1 Å². The maximum absolute atomic E-state index is 12.1. The number of carbonyl (C=O) groups is 1. The number of non-ortho nitro benzene ring substituents is 1. The number of halogens is 1. The molecule has 0 atom stereocenters. The van der Waals surface area contributed by atoms with Crippen LogP contribution in [0, 0.1) is 10.1 Å². The van der Waals surface area contributed by atoms with Crippen LogP contribution in [0.5, 0.6) is 0 Å². The minimum atomic E-state index is -0.473. The second-order valence-electron chi connectivity index (χ2n) is 4.67. The van der Waals surface area contributed by atoms with Gasteiger partial charge in [0.15, 0.2) is 0 Å².